The van der Waals surface area contributed by atoms with Crippen LogP contribution in [0.15, 0.2) is 30.3 Å². The van der Waals surface area contributed by atoms with Crippen LogP contribution in [0.1, 0.15) is 19.4 Å². The third kappa shape index (κ3) is 3.48. The second kappa shape index (κ2) is 5.78. The number of aliphatic hydroxyl groups excluding tert-OH is 1. The average molecular weight is 193 g/mol. The Hall–Kier alpha value is -0.860. The molecule has 2 heteroatoms. The first-order valence-electron chi connectivity index (χ1n) is 5.12. The fourth-order valence-corrected chi connectivity index (χ4v) is 1.36. The van der Waals surface area contributed by atoms with Crippen LogP contribution in [0.25, 0.3) is 0 Å². The van der Waals surface area contributed by atoms with E-state index in [2.05, 4.69) is 31.3 Å². The summed E-state index contributed by atoms with van der Waals surface area (Å²) < 4.78 is 0. The van der Waals surface area contributed by atoms with Gasteiger partial charge in [-0.1, -0.05) is 44.2 Å². The van der Waals surface area contributed by atoms with Gasteiger partial charge in [0.25, 0.3) is 0 Å². The van der Waals surface area contributed by atoms with E-state index >= 15 is 0 Å². The van der Waals surface area contributed by atoms with Crippen LogP contribution in [0.3, 0.4) is 0 Å². The molecule has 0 saturated carbocycles. The molecule has 0 amide bonds. The van der Waals surface area contributed by atoms with Crippen molar-refractivity contribution < 1.29 is 5.11 Å². The predicted octanol–water partition coefficient (Wildman–Crippen LogP) is 1.79. The maximum Gasteiger partial charge on any atom is 0.0587 e. The van der Waals surface area contributed by atoms with Gasteiger partial charge in [0.2, 0.25) is 0 Å². The van der Waals surface area contributed by atoms with Crippen molar-refractivity contribution in [3.05, 3.63) is 35.9 Å². The van der Waals surface area contributed by atoms with Gasteiger partial charge >= 0.3 is 0 Å². The first-order chi connectivity index (χ1) is 6.74. The lowest BCUT2D eigenvalue weighted by Crippen LogP contribution is -2.36. The van der Waals surface area contributed by atoms with E-state index in [9.17, 15) is 0 Å². The second-order valence-corrected chi connectivity index (χ2v) is 3.90. The van der Waals surface area contributed by atoms with Gasteiger partial charge in [0.15, 0.2) is 0 Å². The lowest BCUT2D eigenvalue weighted by molar-refractivity contribution is 0.210. The van der Waals surface area contributed by atoms with Crippen molar-refractivity contribution in [1.29, 1.82) is 0 Å². The number of nitrogens with one attached hydrogen (secondary N) is 1. The molecule has 1 atom stereocenters. The van der Waals surface area contributed by atoms with Gasteiger partial charge in [-0.05, 0) is 11.5 Å². The summed E-state index contributed by atoms with van der Waals surface area (Å²) in [4.78, 5) is 0. The summed E-state index contributed by atoms with van der Waals surface area (Å²) in [5.41, 5.74) is 1.26. The highest BCUT2D eigenvalue weighted by molar-refractivity contribution is 5.14. The third-order valence-electron chi connectivity index (χ3n) is 2.41. The van der Waals surface area contributed by atoms with Gasteiger partial charge in [0, 0.05) is 12.6 Å². The van der Waals surface area contributed by atoms with Crippen LogP contribution in [-0.2, 0) is 6.54 Å². The second-order valence-electron chi connectivity index (χ2n) is 3.90. The Morgan fingerprint density at radius 3 is 2.36 bits per heavy atom. The Balaban J connectivity index is 2.40. The van der Waals surface area contributed by atoms with E-state index in [1.807, 2.05) is 18.2 Å². The maximum absolute atomic E-state index is 9.11. The van der Waals surface area contributed by atoms with E-state index in [0.717, 1.165) is 6.54 Å². The zero-order valence-electron chi connectivity index (χ0n) is 8.90. The molecule has 0 aliphatic carbocycles. The minimum atomic E-state index is 0.190. The van der Waals surface area contributed by atoms with Gasteiger partial charge in [0.05, 0.1) is 6.61 Å². The number of hydrogen-bond acceptors (Lipinski definition) is 2. The van der Waals surface area contributed by atoms with E-state index < -0.39 is 0 Å². The molecule has 0 bridgehead atoms. The maximum atomic E-state index is 9.11. The van der Waals surface area contributed by atoms with Crippen LogP contribution in [0.4, 0.5) is 0 Å². The van der Waals surface area contributed by atoms with Crippen molar-refractivity contribution in [2.75, 3.05) is 6.61 Å². The lowest BCUT2D eigenvalue weighted by Gasteiger charge is -2.19. The number of rotatable bonds is 5. The Labute approximate surface area is 86.0 Å². The minimum absolute atomic E-state index is 0.190. The Morgan fingerprint density at radius 1 is 1.21 bits per heavy atom. The molecule has 1 aromatic carbocycles. The molecule has 0 saturated heterocycles. The van der Waals surface area contributed by atoms with E-state index in [0.29, 0.717) is 5.92 Å². The summed E-state index contributed by atoms with van der Waals surface area (Å²) in [6, 6.07) is 10.4. The molecule has 14 heavy (non-hydrogen) atoms. The molecule has 0 radical (unpaired) electrons. The van der Waals surface area contributed by atoms with Crippen molar-refractivity contribution in [1.82, 2.24) is 5.32 Å². The van der Waals surface area contributed by atoms with E-state index in [1.165, 1.54) is 5.56 Å². The SMILES string of the molecule is CC(C)C(CO)NCc1ccccc1. The Kier molecular flexibility index (Phi) is 4.63. The van der Waals surface area contributed by atoms with Crippen molar-refractivity contribution in [3.8, 4) is 0 Å². The number of aliphatic hydroxyl groups is 1. The molecule has 0 aromatic heterocycles. The molecule has 1 rings (SSSR count). The zero-order valence-corrected chi connectivity index (χ0v) is 8.90. The summed E-state index contributed by atoms with van der Waals surface area (Å²) in [7, 11) is 0. The van der Waals surface area contributed by atoms with Crippen molar-refractivity contribution in [3.63, 3.8) is 0 Å². The highest BCUT2D eigenvalue weighted by atomic mass is 16.3. The molecule has 2 nitrogen and oxygen atoms in total. The average Bonchev–Trinajstić information content (AvgIpc) is 2.20. The smallest absolute Gasteiger partial charge is 0.0587 e. The minimum Gasteiger partial charge on any atom is -0.395 e. The van der Waals surface area contributed by atoms with Crippen LogP contribution >= 0.6 is 0 Å². The molecule has 2 N–H and O–H groups in total. The molecule has 0 aliphatic rings. The molecule has 1 unspecified atom stereocenters. The molecule has 0 aliphatic heterocycles. The molecule has 1 aromatic rings. The van der Waals surface area contributed by atoms with Crippen LogP contribution in [0.5, 0.6) is 0 Å². The van der Waals surface area contributed by atoms with Gasteiger partial charge < -0.3 is 10.4 Å². The molecule has 0 heterocycles. The van der Waals surface area contributed by atoms with Crippen LogP contribution in [-0.4, -0.2) is 17.8 Å². The predicted molar refractivity (Wildman–Crippen MR) is 59.0 cm³/mol. The molecular weight excluding hydrogens is 174 g/mol. The van der Waals surface area contributed by atoms with Crippen molar-refractivity contribution in [2.24, 2.45) is 5.92 Å². The van der Waals surface area contributed by atoms with Crippen molar-refractivity contribution in [2.45, 2.75) is 26.4 Å². The highest BCUT2D eigenvalue weighted by Crippen LogP contribution is 2.03. The van der Waals surface area contributed by atoms with Crippen molar-refractivity contribution >= 4 is 0 Å². The molecule has 78 valence electrons. The van der Waals surface area contributed by atoms with Gasteiger partial charge in [-0.15, -0.1) is 0 Å². The summed E-state index contributed by atoms with van der Waals surface area (Å²) >= 11 is 0. The lowest BCUT2D eigenvalue weighted by atomic mass is 10.1. The fraction of sp³-hybridized carbons (Fsp3) is 0.500. The summed E-state index contributed by atoms with van der Waals surface area (Å²) in [5, 5.41) is 12.4. The monoisotopic (exact) mass is 193 g/mol. The van der Waals surface area contributed by atoms with Gasteiger partial charge in [-0.25, -0.2) is 0 Å². The van der Waals surface area contributed by atoms with Gasteiger partial charge in [0.1, 0.15) is 0 Å². The van der Waals surface area contributed by atoms with Crippen LogP contribution < -0.4 is 5.32 Å². The Morgan fingerprint density at radius 2 is 1.86 bits per heavy atom. The quantitative estimate of drug-likeness (QED) is 0.747. The first-order valence-corrected chi connectivity index (χ1v) is 5.12. The third-order valence-corrected chi connectivity index (χ3v) is 2.41. The van der Waals surface area contributed by atoms with E-state index in [1.54, 1.807) is 0 Å². The van der Waals surface area contributed by atoms with Gasteiger partial charge in [-0.3, -0.25) is 0 Å². The summed E-state index contributed by atoms with van der Waals surface area (Å²) in [5.74, 6) is 0.462. The number of benzene rings is 1. The zero-order chi connectivity index (χ0) is 10.4. The van der Waals surface area contributed by atoms with E-state index in [-0.39, 0.29) is 12.6 Å². The first kappa shape index (κ1) is 11.2. The Bertz CT molecular complexity index is 246. The topological polar surface area (TPSA) is 32.3 Å². The summed E-state index contributed by atoms with van der Waals surface area (Å²) in [6.07, 6.45) is 0. The van der Waals surface area contributed by atoms with Crippen LogP contribution in [0, 0.1) is 5.92 Å². The molecular formula is C12H19NO. The largest absolute Gasteiger partial charge is 0.395 e. The highest BCUT2D eigenvalue weighted by Gasteiger charge is 2.10. The standard InChI is InChI=1S/C12H19NO/c1-10(2)12(9-14)13-8-11-6-4-3-5-7-11/h3-7,10,12-14H,8-9H2,1-2H3. The molecule has 0 spiro atoms. The summed E-state index contributed by atoms with van der Waals surface area (Å²) in [6.45, 7) is 5.24. The van der Waals surface area contributed by atoms with E-state index in [4.69, 9.17) is 5.11 Å². The van der Waals surface area contributed by atoms with Gasteiger partial charge in [-0.2, -0.15) is 0 Å². The fourth-order valence-electron chi connectivity index (χ4n) is 1.36. The molecule has 0 fully saturated rings. The normalized spacial score (nSPS) is 13.1. The number of hydrogen-bond donors (Lipinski definition) is 2. The van der Waals surface area contributed by atoms with Crippen LogP contribution in [0.2, 0.25) is 0 Å².